The molecule has 0 spiro atoms. The zero-order valence-corrected chi connectivity index (χ0v) is 9.13. The van der Waals surface area contributed by atoms with E-state index in [0.717, 1.165) is 16.3 Å². The van der Waals surface area contributed by atoms with Crippen LogP contribution in [0.3, 0.4) is 0 Å². The number of nitrogens with one attached hydrogen (secondary N) is 1. The molecule has 4 heteroatoms. The molecule has 0 bridgehead atoms. The van der Waals surface area contributed by atoms with Crippen LogP contribution < -0.4 is 5.43 Å². The third-order valence-electron chi connectivity index (χ3n) is 2.36. The van der Waals surface area contributed by atoms with E-state index in [2.05, 4.69) is 10.5 Å². The molecule has 0 saturated carbocycles. The van der Waals surface area contributed by atoms with Crippen LogP contribution in [0.2, 0.25) is 0 Å². The lowest BCUT2D eigenvalue weighted by molar-refractivity contribution is -0.123. The number of hydrogen-bond acceptors (Lipinski definition) is 3. The zero-order chi connectivity index (χ0) is 12.1. The van der Waals surface area contributed by atoms with Crippen LogP contribution in [0.1, 0.15) is 5.56 Å². The second-order valence-corrected chi connectivity index (χ2v) is 3.52. The predicted octanol–water partition coefficient (Wildman–Crippen LogP) is 1.28. The topological polar surface area (TPSA) is 61.7 Å². The first-order valence-electron chi connectivity index (χ1n) is 5.22. The fourth-order valence-electron chi connectivity index (χ4n) is 1.57. The molecule has 0 aliphatic carbocycles. The third-order valence-corrected chi connectivity index (χ3v) is 2.36. The largest absolute Gasteiger partial charge is 0.386 e. The Kier molecular flexibility index (Phi) is 3.47. The lowest BCUT2D eigenvalue weighted by Crippen LogP contribution is -2.20. The normalized spacial score (nSPS) is 10.9. The van der Waals surface area contributed by atoms with E-state index in [9.17, 15) is 4.79 Å². The number of carbonyl (C=O) groups excluding carboxylic acids is 1. The summed E-state index contributed by atoms with van der Waals surface area (Å²) in [6, 6.07) is 13.8. The zero-order valence-electron chi connectivity index (χ0n) is 9.13. The van der Waals surface area contributed by atoms with Crippen molar-refractivity contribution in [2.75, 3.05) is 6.61 Å². The number of aliphatic hydroxyl groups is 1. The maximum atomic E-state index is 10.8. The highest BCUT2D eigenvalue weighted by molar-refractivity contribution is 5.99. The van der Waals surface area contributed by atoms with Crippen LogP contribution in [0.5, 0.6) is 0 Å². The van der Waals surface area contributed by atoms with Crippen LogP contribution >= 0.6 is 0 Å². The number of fused-ring (bicyclic) bond motifs is 1. The average Bonchev–Trinajstić information content (AvgIpc) is 2.39. The van der Waals surface area contributed by atoms with Crippen molar-refractivity contribution >= 4 is 22.9 Å². The molecule has 0 unspecified atom stereocenters. The SMILES string of the molecule is O=C(CO)N/N=C/c1cccc2ccccc12. The number of hydrogen-bond donors (Lipinski definition) is 2. The van der Waals surface area contributed by atoms with Crippen LogP contribution in [-0.2, 0) is 4.79 Å². The molecule has 0 aliphatic heterocycles. The van der Waals surface area contributed by atoms with Gasteiger partial charge in [-0.05, 0) is 10.8 Å². The number of carbonyl (C=O) groups is 1. The minimum Gasteiger partial charge on any atom is -0.386 e. The average molecular weight is 228 g/mol. The van der Waals surface area contributed by atoms with Gasteiger partial charge in [-0.25, -0.2) is 5.43 Å². The summed E-state index contributed by atoms with van der Waals surface area (Å²) in [4.78, 5) is 10.8. The van der Waals surface area contributed by atoms with Crippen LogP contribution in [0, 0.1) is 0 Å². The van der Waals surface area contributed by atoms with Crippen LogP contribution in [0.4, 0.5) is 0 Å². The lowest BCUT2D eigenvalue weighted by atomic mass is 10.1. The van der Waals surface area contributed by atoms with Crippen LogP contribution in [0.15, 0.2) is 47.6 Å². The first-order chi connectivity index (χ1) is 8.31. The van der Waals surface area contributed by atoms with Gasteiger partial charge in [0.1, 0.15) is 6.61 Å². The van der Waals surface area contributed by atoms with Crippen molar-refractivity contribution in [1.29, 1.82) is 0 Å². The monoisotopic (exact) mass is 228 g/mol. The molecular formula is C13H12N2O2. The van der Waals surface area contributed by atoms with E-state index in [0.29, 0.717) is 0 Å². The molecule has 1 amide bonds. The van der Waals surface area contributed by atoms with Gasteiger partial charge in [-0.3, -0.25) is 4.79 Å². The fourth-order valence-corrected chi connectivity index (χ4v) is 1.57. The van der Waals surface area contributed by atoms with Gasteiger partial charge >= 0.3 is 0 Å². The molecule has 2 aromatic carbocycles. The summed E-state index contributed by atoms with van der Waals surface area (Å²) in [6.45, 7) is -0.563. The van der Waals surface area contributed by atoms with Crippen molar-refractivity contribution in [2.45, 2.75) is 0 Å². The van der Waals surface area contributed by atoms with E-state index < -0.39 is 12.5 Å². The smallest absolute Gasteiger partial charge is 0.265 e. The highest BCUT2D eigenvalue weighted by Crippen LogP contribution is 2.16. The van der Waals surface area contributed by atoms with Gasteiger partial charge in [-0.1, -0.05) is 42.5 Å². The molecule has 2 N–H and O–H groups in total. The van der Waals surface area contributed by atoms with E-state index in [1.165, 1.54) is 0 Å². The maximum absolute atomic E-state index is 10.8. The Balaban J connectivity index is 2.27. The Morgan fingerprint density at radius 1 is 1.24 bits per heavy atom. The minimum atomic E-state index is -0.563. The number of amides is 1. The summed E-state index contributed by atoms with van der Waals surface area (Å²) in [5.41, 5.74) is 3.14. The molecular weight excluding hydrogens is 216 g/mol. The molecule has 4 nitrogen and oxygen atoms in total. The summed E-state index contributed by atoms with van der Waals surface area (Å²) in [6.07, 6.45) is 1.57. The molecule has 0 heterocycles. The van der Waals surface area contributed by atoms with Crippen molar-refractivity contribution < 1.29 is 9.90 Å². The Labute approximate surface area is 98.6 Å². The van der Waals surface area contributed by atoms with Crippen molar-refractivity contribution in [3.8, 4) is 0 Å². The molecule has 0 aliphatic rings. The van der Waals surface area contributed by atoms with E-state index in [4.69, 9.17) is 5.11 Å². The van der Waals surface area contributed by atoms with Crippen molar-refractivity contribution in [1.82, 2.24) is 5.43 Å². The number of aliphatic hydroxyl groups excluding tert-OH is 1. The molecule has 0 aromatic heterocycles. The van der Waals surface area contributed by atoms with Gasteiger partial charge in [0.2, 0.25) is 0 Å². The minimum absolute atomic E-state index is 0.526. The highest BCUT2D eigenvalue weighted by Gasteiger charge is 1.97. The predicted molar refractivity (Wildman–Crippen MR) is 66.8 cm³/mol. The van der Waals surface area contributed by atoms with Gasteiger partial charge in [0.25, 0.3) is 5.91 Å². The molecule has 2 aromatic rings. The van der Waals surface area contributed by atoms with Crippen LogP contribution in [0.25, 0.3) is 10.8 Å². The Hall–Kier alpha value is -2.20. The van der Waals surface area contributed by atoms with Crippen LogP contribution in [-0.4, -0.2) is 23.8 Å². The molecule has 0 saturated heterocycles. The summed E-state index contributed by atoms with van der Waals surface area (Å²) >= 11 is 0. The van der Waals surface area contributed by atoms with Gasteiger partial charge in [0, 0.05) is 5.56 Å². The van der Waals surface area contributed by atoms with E-state index in [-0.39, 0.29) is 0 Å². The molecule has 0 atom stereocenters. The van der Waals surface area contributed by atoms with Gasteiger partial charge in [-0.15, -0.1) is 0 Å². The fraction of sp³-hybridized carbons (Fsp3) is 0.0769. The Bertz CT molecular complexity index is 559. The Morgan fingerprint density at radius 2 is 2.00 bits per heavy atom. The standard InChI is InChI=1S/C13H12N2O2/c16-9-13(17)15-14-8-11-6-3-5-10-4-1-2-7-12(10)11/h1-8,16H,9H2,(H,15,17)/b14-8+. The lowest BCUT2D eigenvalue weighted by Gasteiger charge is -2.01. The van der Waals surface area contributed by atoms with E-state index >= 15 is 0 Å². The molecule has 0 radical (unpaired) electrons. The molecule has 0 fully saturated rings. The second-order valence-electron chi connectivity index (χ2n) is 3.52. The maximum Gasteiger partial charge on any atom is 0.265 e. The van der Waals surface area contributed by atoms with Crippen molar-refractivity contribution in [3.63, 3.8) is 0 Å². The summed E-state index contributed by atoms with van der Waals surface area (Å²) in [5.74, 6) is -0.526. The van der Waals surface area contributed by atoms with Gasteiger partial charge in [0.05, 0.1) is 6.21 Å². The molecule has 17 heavy (non-hydrogen) atoms. The molecule has 86 valence electrons. The van der Waals surface area contributed by atoms with Crippen molar-refractivity contribution in [2.24, 2.45) is 5.10 Å². The van der Waals surface area contributed by atoms with E-state index in [1.54, 1.807) is 6.21 Å². The van der Waals surface area contributed by atoms with Gasteiger partial charge in [0.15, 0.2) is 0 Å². The summed E-state index contributed by atoms with van der Waals surface area (Å²) in [7, 11) is 0. The number of nitrogens with zero attached hydrogens (tertiary/aromatic N) is 1. The second kappa shape index (κ2) is 5.23. The molecule has 2 rings (SSSR count). The van der Waals surface area contributed by atoms with Gasteiger partial charge in [-0.2, -0.15) is 5.10 Å². The van der Waals surface area contributed by atoms with Crippen molar-refractivity contribution in [3.05, 3.63) is 48.0 Å². The Morgan fingerprint density at radius 3 is 2.82 bits per heavy atom. The summed E-state index contributed by atoms with van der Waals surface area (Å²) < 4.78 is 0. The third kappa shape index (κ3) is 2.68. The number of benzene rings is 2. The first kappa shape index (κ1) is 11.3. The highest BCUT2D eigenvalue weighted by atomic mass is 16.3. The first-order valence-corrected chi connectivity index (χ1v) is 5.22. The summed E-state index contributed by atoms with van der Waals surface area (Å²) in [5, 5.41) is 14.5. The van der Waals surface area contributed by atoms with Gasteiger partial charge < -0.3 is 5.11 Å². The number of hydrazone groups is 1. The quantitative estimate of drug-likeness (QED) is 0.614. The van der Waals surface area contributed by atoms with E-state index in [1.807, 2.05) is 42.5 Å². The number of rotatable bonds is 3.